The van der Waals surface area contributed by atoms with Crippen molar-refractivity contribution >= 4 is 21.8 Å². The first kappa shape index (κ1) is 16.3. The van der Waals surface area contributed by atoms with Gasteiger partial charge in [-0.25, -0.2) is 0 Å². The normalized spacial score (nSPS) is 14.7. The van der Waals surface area contributed by atoms with E-state index < -0.39 is 0 Å². The van der Waals surface area contributed by atoms with E-state index in [2.05, 4.69) is 82.5 Å². The molecule has 1 aromatic heterocycles. The smallest absolute Gasteiger partial charge is 0.0629 e. The third-order valence-electron chi connectivity index (χ3n) is 6.31. The van der Waals surface area contributed by atoms with E-state index in [4.69, 9.17) is 6.85 Å². The summed E-state index contributed by atoms with van der Waals surface area (Å²) in [7, 11) is 0. The summed E-state index contributed by atoms with van der Waals surface area (Å²) >= 11 is 0. The van der Waals surface area contributed by atoms with Crippen LogP contribution >= 0.6 is 0 Å². The zero-order valence-corrected chi connectivity index (χ0v) is 20.2. The molecule has 0 atom stereocenters. The first-order valence-electron chi connectivity index (χ1n) is 14.0. The fraction of sp³-hybridized carbons (Fsp3) is 0.250. The summed E-state index contributed by atoms with van der Waals surface area (Å²) in [6, 6.07) is 19.1. The Labute approximate surface area is 204 Å². The van der Waals surface area contributed by atoms with Gasteiger partial charge in [-0.2, -0.15) is 0 Å². The topological polar surface area (TPSA) is 4.93 Å². The van der Waals surface area contributed by atoms with Crippen LogP contribution in [0.3, 0.4) is 0 Å². The number of nitrogens with zero attached hydrogens (tertiary/aromatic N) is 1. The minimum atomic E-state index is -0.385. The molecule has 4 aromatic carbocycles. The summed E-state index contributed by atoms with van der Waals surface area (Å²) in [6.07, 6.45) is 0. The Kier molecular flexibility index (Phi) is 3.77. The van der Waals surface area contributed by atoms with Gasteiger partial charge in [0.25, 0.3) is 0 Å². The Balaban J connectivity index is 2.05. The number of rotatable bonds is 2. The van der Waals surface area contributed by atoms with Crippen molar-refractivity contribution in [3.05, 3.63) is 102 Å². The van der Waals surface area contributed by atoms with E-state index in [1.54, 1.807) is 0 Å². The number of hydrogen-bond acceptors (Lipinski definition) is 0. The van der Waals surface area contributed by atoms with Gasteiger partial charge in [0, 0.05) is 16.3 Å². The largest absolute Gasteiger partial charge is 0.308 e. The summed E-state index contributed by atoms with van der Waals surface area (Å²) in [5.41, 5.74) is 5.94. The van der Waals surface area contributed by atoms with E-state index in [1.165, 1.54) is 11.1 Å². The van der Waals surface area contributed by atoms with E-state index in [0.717, 1.165) is 27.5 Å². The van der Waals surface area contributed by atoms with Crippen LogP contribution in [0.25, 0.3) is 38.6 Å². The highest BCUT2D eigenvalue weighted by molar-refractivity contribution is 6.13. The Bertz CT molecular complexity index is 1700. The summed E-state index contributed by atoms with van der Waals surface area (Å²) in [5.74, 6) is 0. The molecule has 0 aliphatic heterocycles. The quantitative estimate of drug-likeness (QED) is 0.260. The molecule has 0 fully saturated rings. The maximum atomic E-state index is 8.73. The molecular formula is C32H33N. The van der Waals surface area contributed by atoms with Crippen LogP contribution in [0.2, 0.25) is 0 Å². The van der Waals surface area contributed by atoms with E-state index in [9.17, 15) is 0 Å². The number of para-hydroxylation sites is 2. The second-order valence-electron chi connectivity index (χ2n) is 10.8. The van der Waals surface area contributed by atoms with Crippen molar-refractivity contribution in [2.75, 3.05) is 0 Å². The molecule has 0 aliphatic carbocycles. The van der Waals surface area contributed by atoms with E-state index in [1.807, 2.05) is 24.3 Å². The van der Waals surface area contributed by atoms with Crippen LogP contribution in [0.15, 0.2) is 90.9 Å². The van der Waals surface area contributed by atoms with Crippen LogP contribution in [0.1, 0.15) is 59.5 Å². The fourth-order valence-corrected chi connectivity index (χ4v) is 4.99. The Morgan fingerprint density at radius 1 is 0.667 bits per heavy atom. The van der Waals surface area contributed by atoms with Gasteiger partial charge >= 0.3 is 0 Å². The van der Waals surface area contributed by atoms with Crippen LogP contribution in [-0.2, 0) is 10.8 Å². The minimum Gasteiger partial charge on any atom is -0.308 e. The third kappa shape index (κ3) is 3.56. The van der Waals surface area contributed by atoms with Gasteiger partial charge in [-0.15, -0.1) is 0 Å². The van der Waals surface area contributed by atoms with E-state index in [-0.39, 0.29) is 46.6 Å². The van der Waals surface area contributed by atoms with Gasteiger partial charge < -0.3 is 4.57 Å². The van der Waals surface area contributed by atoms with Gasteiger partial charge in [0.2, 0.25) is 0 Å². The van der Waals surface area contributed by atoms with Gasteiger partial charge in [-0.1, -0.05) is 120 Å². The van der Waals surface area contributed by atoms with Crippen LogP contribution in [-0.4, -0.2) is 4.57 Å². The molecule has 1 heteroatoms. The van der Waals surface area contributed by atoms with Gasteiger partial charge in [0.15, 0.2) is 0 Å². The summed E-state index contributed by atoms with van der Waals surface area (Å²) in [5, 5.41) is 2.03. The molecule has 0 bridgehead atoms. The van der Waals surface area contributed by atoms with Crippen molar-refractivity contribution in [3.8, 4) is 16.8 Å². The highest BCUT2D eigenvalue weighted by Gasteiger charge is 2.29. The monoisotopic (exact) mass is 436 g/mol. The Morgan fingerprint density at radius 3 is 2.03 bits per heavy atom. The van der Waals surface area contributed by atoms with Crippen LogP contribution in [0.5, 0.6) is 0 Å². The summed E-state index contributed by atoms with van der Waals surface area (Å²) in [6.45, 7) is 13.4. The lowest BCUT2D eigenvalue weighted by molar-refractivity contribution is 0.528. The number of benzene rings is 4. The average molecular weight is 437 g/mol. The molecule has 33 heavy (non-hydrogen) atoms. The van der Waals surface area contributed by atoms with Gasteiger partial charge in [0.1, 0.15) is 0 Å². The highest BCUT2D eigenvalue weighted by atomic mass is 15.0. The highest BCUT2D eigenvalue weighted by Crippen LogP contribution is 2.43. The second-order valence-corrected chi connectivity index (χ2v) is 10.8. The molecular weight excluding hydrogens is 398 g/mol. The summed E-state index contributed by atoms with van der Waals surface area (Å²) < 4.78 is 44.4. The molecule has 0 saturated heterocycles. The predicted molar refractivity (Wildman–Crippen MR) is 144 cm³/mol. The lowest BCUT2D eigenvalue weighted by Crippen LogP contribution is -2.24. The van der Waals surface area contributed by atoms with Crippen molar-refractivity contribution in [3.63, 3.8) is 0 Å². The van der Waals surface area contributed by atoms with E-state index in [0.29, 0.717) is 5.56 Å². The summed E-state index contributed by atoms with van der Waals surface area (Å²) in [4.78, 5) is 0. The van der Waals surface area contributed by atoms with Gasteiger partial charge in [-0.05, 0) is 39.7 Å². The molecule has 0 unspecified atom stereocenters. The lowest BCUT2D eigenvalue weighted by Gasteiger charge is -2.33. The van der Waals surface area contributed by atoms with Gasteiger partial charge in [0.05, 0.1) is 23.6 Å². The maximum absolute atomic E-state index is 8.73. The van der Waals surface area contributed by atoms with Gasteiger partial charge in [-0.3, -0.25) is 0 Å². The number of hydrogen-bond donors (Lipinski definition) is 0. The fourth-order valence-electron chi connectivity index (χ4n) is 4.99. The SMILES string of the molecule is [2H]c1c([2H])c([2H])c(-c2cccc3c4ccccc4n(-c4cccc(C(C)(C)C)c4C(C)(C)C)c23)c([2H])c1[2H]. The average Bonchev–Trinajstić information content (AvgIpc) is 3.20. The molecule has 0 N–H and O–H groups in total. The molecule has 0 radical (unpaired) electrons. The van der Waals surface area contributed by atoms with Crippen molar-refractivity contribution in [2.45, 2.75) is 52.4 Å². The third-order valence-corrected chi connectivity index (χ3v) is 6.31. The molecule has 0 spiro atoms. The number of aromatic nitrogens is 1. The first-order chi connectivity index (χ1) is 17.7. The molecule has 0 amide bonds. The zero-order valence-electron chi connectivity index (χ0n) is 25.2. The maximum Gasteiger partial charge on any atom is 0.0629 e. The molecule has 0 saturated carbocycles. The molecule has 1 heterocycles. The molecule has 5 rings (SSSR count). The first-order valence-corrected chi connectivity index (χ1v) is 11.5. The second kappa shape index (κ2) is 7.63. The van der Waals surface area contributed by atoms with E-state index >= 15 is 0 Å². The predicted octanol–water partition coefficient (Wildman–Crippen LogP) is 9.05. The Morgan fingerprint density at radius 2 is 1.33 bits per heavy atom. The zero-order chi connectivity index (χ0) is 27.7. The standard InChI is InChI=1S/C32H33N/c1-31(2,3)26-19-13-21-28(29(26)32(4,5)6)33-27-20-11-10-16-24(27)25-18-12-17-23(30(25)33)22-14-8-7-9-15-22/h7-21H,1-6H3/i7D,8D,9D,14D,15D. The molecule has 5 aromatic rings. The molecule has 166 valence electrons. The minimum absolute atomic E-state index is 0.0902. The van der Waals surface area contributed by atoms with Crippen LogP contribution in [0, 0.1) is 0 Å². The van der Waals surface area contributed by atoms with Crippen molar-refractivity contribution < 1.29 is 6.85 Å². The van der Waals surface area contributed by atoms with Crippen molar-refractivity contribution in [1.82, 2.24) is 4.57 Å². The number of fused-ring (bicyclic) bond motifs is 3. The van der Waals surface area contributed by atoms with Crippen LogP contribution in [0.4, 0.5) is 0 Å². The lowest BCUT2D eigenvalue weighted by atomic mass is 9.74. The van der Waals surface area contributed by atoms with Crippen LogP contribution < -0.4 is 0 Å². The van der Waals surface area contributed by atoms with Crippen molar-refractivity contribution in [1.29, 1.82) is 0 Å². The van der Waals surface area contributed by atoms with Crippen molar-refractivity contribution in [2.24, 2.45) is 0 Å². The Hall–Kier alpha value is -3.32. The molecule has 0 aliphatic rings. The molecule has 1 nitrogen and oxygen atoms in total.